The lowest BCUT2D eigenvalue weighted by Gasteiger charge is -2.20. The molecule has 1 N–H and O–H groups in total. The van der Waals surface area contributed by atoms with Crippen molar-refractivity contribution in [3.63, 3.8) is 0 Å². The molecule has 0 fully saturated rings. The van der Waals surface area contributed by atoms with Gasteiger partial charge in [0.25, 0.3) is 0 Å². The Bertz CT molecular complexity index is 629. The normalized spacial score (nSPS) is 10.9. The fraction of sp³-hybridized carbons (Fsp3) is 0.591. The van der Waals surface area contributed by atoms with Crippen LogP contribution in [0.3, 0.4) is 0 Å². The number of rotatable bonds is 13. The summed E-state index contributed by atoms with van der Waals surface area (Å²) < 4.78 is 15.4. The van der Waals surface area contributed by atoms with Gasteiger partial charge in [-0.1, -0.05) is 37.3 Å². The number of hydrogen-bond donors (Lipinski definition) is 1. The van der Waals surface area contributed by atoms with Gasteiger partial charge >= 0.3 is 18.0 Å². The van der Waals surface area contributed by atoms with Crippen molar-refractivity contribution >= 4 is 18.0 Å². The van der Waals surface area contributed by atoms with Crippen LogP contribution in [0.4, 0.5) is 4.79 Å². The van der Waals surface area contributed by atoms with Crippen molar-refractivity contribution in [2.75, 3.05) is 19.8 Å². The highest BCUT2D eigenvalue weighted by atomic mass is 16.6. The number of benzene rings is 1. The predicted octanol–water partition coefficient (Wildman–Crippen LogP) is 4.00. The highest BCUT2D eigenvalue weighted by Gasteiger charge is 2.26. The monoisotopic (exact) mass is 407 g/mol. The summed E-state index contributed by atoms with van der Waals surface area (Å²) in [5, 5.41) is 2.54. The number of unbranched alkanes of at least 4 members (excludes halogenated alkanes) is 2. The second kappa shape index (κ2) is 13.6. The van der Waals surface area contributed by atoms with Gasteiger partial charge in [-0.05, 0) is 45.1 Å². The molecule has 0 radical (unpaired) electrons. The van der Waals surface area contributed by atoms with Crippen LogP contribution in [0.5, 0.6) is 0 Å². The molecule has 162 valence electrons. The molecule has 7 nitrogen and oxygen atoms in total. The van der Waals surface area contributed by atoms with Gasteiger partial charge in [-0.25, -0.2) is 4.79 Å². The number of hydrogen-bond acceptors (Lipinski definition) is 6. The van der Waals surface area contributed by atoms with Gasteiger partial charge in [0.2, 0.25) is 0 Å². The van der Waals surface area contributed by atoms with E-state index in [1.807, 2.05) is 51.1 Å². The molecule has 0 aliphatic carbocycles. The van der Waals surface area contributed by atoms with Gasteiger partial charge in [0.05, 0.1) is 18.6 Å². The number of esters is 2. The van der Waals surface area contributed by atoms with Crippen LogP contribution in [0, 0.1) is 5.41 Å². The minimum atomic E-state index is -0.543. The van der Waals surface area contributed by atoms with E-state index < -0.39 is 11.5 Å². The van der Waals surface area contributed by atoms with E-state index in [1.165, 1.54) is 0 Å². The van der Waals surface area contributed by atoms with Crippen molar-refractivity contribution in [3.05, 3.63) is 35.9 Å². The third kappa shape index (κ3) is 11.1. The number of carbonyl (C=O) groups is 3. The molecule has 29 heavy (non-hydrogen) atoms. The molecule has 0 saturated carbocycles. The van der Waals surface area contributed by atoms with E-state index in [2.05, 4.69) is 5.32 Å². The summed E-state index contributed by atoms with van der Waals surface area (Å²) in [5.41, 5.74) is 0.443. The summed E-state index contributed by atoms with van der Waals surface area (Å²) in [7, 11) is 0. The number of nitrogens with one attached hydrogen (secondary N) is 1. The van der Waals surface area contributed by atoms with Crippen molar-refractivity contribution in [1.29, 1.82) is 0 Å². The maximum Gasteiger partial charge on any atom is 0.407 e. The number of ether oxygens (including phenoxy) is 3. The number of alkyl carbamates (subject to hydrolysis) is 1. The molecule has 0 unspecified atom stereocenters. The van der Waals surface area contributed by atoms with Crippen LogP contribution in [0.1, 0.15) is 58.4 Å². The van der Waals surface area contributed by atoms with Crippen LogP contribution in [0.2, 0.25) is 0 Å². The van der Waals surface area contributed by atoms with Crippen molar-refractivity contribution < 1.29 is 28.6 Å². The Labute approximate surface area is 173 Å². The van der Waals surface area contributed by atoms with E-state index in [9.17, 15) is 14.4 Å². The molecule has 0 saturated heterocycles. The number of amides is 1. The van der Waals surface area contributed by atoms with E-state index in [0.29, 0.717) is 25.7 Å². The summed E-state index contributed by atoms with van der Waals surface area (Å²) in [6, 6.07) is 9.53. The van der Waals surface area contributed by atoms with Crippen LogP contribution in [0.15, 0.2) is 30.3 Å². The van der Waals surface area contributed by atoms with Gasteiger partial charge in [-0.15, -0.1) is 0 Å². The Kier molecular flexibility index (Phi) is 11.5. The quantitative estimate of drug-likeness (QED) is 0.302. The van der Waals surface area contributed by atoms with E-state index in [-0.39, 0.29) is 38.3 Å². The van der Waals surface area contributed by atoms with Gasteiger partial charge in [0.15, 0.2) is 0 Å². The van der Waals surface area contributed by atoms with Gasteiger partial charge in [0, 0.05) is 6.42 Å². The van der Waals surface area contributed by atoms with E-state index in [0.717, 1.165) is 12.0 Å². The minimum absolute atomic E-state index is 0.114. The highest BCUT2D eigenvalue weighted by molar-refractivity contribution is 5.75. The van der Waals surface area contributed by atoms with Crippen molar-refractivity contribution in [2.24, 2.45) is 5.41 Å². The van der Waals surface area contributed by atoms with Crippen LogP contribution < -0.4 is 5.32 Å². The first-order valence-electron chi connectivity index (χ1n) is 10.1. The summed E-state index contributed by atoms with van der Waals surface area (Å²) in [6.45, 7) is 6.44. The molecule has 0 aliphatic rings. The third-order valence-corrected chi connectivity index (χ3v) is 4.54. The van der Waals surface area contributed by atoms with Crippen molar-refractivity contribution in [3.8, 4) is 0 Å². The highest BCUT2D eigenvalue weighted by Crippen LogP contribution is 2.21. The topological polar surface area (TPSA) is 90.9 Å². The molecular formula is C22H33NO6. The van der Waals surface area contributed by atoms with E-state index in [4.69, 9.17) is 14.2 Å². The standard InChI is InChI=1S/C22H33NO6/c1-4-22(2,3)20(25)27-16-14-23-21(26)28-15-10-6-9-13-19(24)29-17-18-11-7-5-8-12-18/h5,7-8,11-12H,4,6,9-10,13-17H2,1-3H3,(H,23,26). The minimum Gasteiger partial charge on any atom is -0.463 e. The van der Waals surface area contributed by atoms with Crippen LogP contribution in [0.25, 0.3) is 0 Å². The Morgan fingerprint density at radius 3 is 2.34 bits per heavy atom. The van der Waals surface area contributed by atoms with E-state index >= 15 is 0 Å². The summed E-state index contributed by atoms with van der Waals surface area (Å²) in [6.07, 6.45) is 2.60. The first-order chi connectivity index (χ1) is 13.8. The summed E-state index contributed by atoms with van der Waals surface area (Å²) in [5.74, 6) is -0.509. The Balaban J connectivity index is 1.97. The molecule has 7 heteroatoms. The van der Waals surface area contributed by atoms with Crippen molar-refractivity contribution in [1.82, 2.24) is 5.32 Å². The fourth-order valence-electron chi connectivity index (χ4n) is 2.21. The average Bonchev–Trinajstić information content (AvgIpc) is 2.72. The molecule has 0 aliphatic heterocycles. The maximum absolute atomic E-state index is 11.8. The molecule has 0 aromatic heterocycles. The van der Waals surface area contributed by atoms with Crippen LogP contribution >= 0.6 is 0 Å². The molecular weight excluding hydrogens is 374 g/mol. The fourth-order valence-corrected chi connectivity index (χ4v) is 2.21. The Morgan fingerprint density at radius 1 is 0.931 bits per heavy atom. The van der Waals surface area contributed by atoms with Crippen LogP contribution in [-0.4, -0.2) is 37.8 Å². The molecule has 0 bridgehead atoms. The van der Waals surface area contributed by atoms with E-state index in [1.54, 1.807) is 0 Å². The van der Waals surface area contributed by atoms with Crippen molar-refractivity contribution in [2.45, 2.75) is 59.5 Å². The van der Waals surface area contributed by atoms with Gasteiger partial charge in [-0.2, -0.15) is 0 Å². The SMILES string of the molecule is CCC(C)(C)C(=O)OCCNC(=O)OCCCCCC(=O)OCc1ccccc1. The average molecular weight is 408 g/mol. The zero-order valence-corrected chi connectivity index (χ0v) is 17.7. The molecule has 0 spiro atoms. The molecule has 0 heterocycles. The largest absolute Gasteiger partial charge is 0.463 e. The first-order valence-corrected chi connectivity index (χ1v) is 10.1. The van der Waals surface area contributed by atoms with Crippen LogP contribution in [-0.2, 0) is 30.4 Å². The molecule has 0 atom stereocenters. The van der Waals surface area contributed by atoms with Gasteiger partial charge in [0.1, 0.15) is 13.2 Å². The molecule has 1 aromatic rings. The molecule has 1 aromatic carbocycles. The Hall–Kier alpha value is -2.57. The van der Waals surface area contributed by atoms with Gasteiger partial charge in [-0.3, -0.25) is 9.59 Å². The lowest BCUT2D eigenvalue weighted by Crippen LogP contribution is -2.32. The lowest BCUT2D eigenvalue weighted by atomic mass is 9.91. The second-order valence-corrected chi connectivity index (χ2v) is 7.39. The Morgan fingerprint density at radius 2 is 1.66 bits per heavy atom. The third-order valence-electron chi connectivity index (χ3n) is 4.54. The summed E-state index contributed by atoms with van der Waals surface area (Å²) in [4.78, 5) is 35.0. The number of carbonyl (C=O) groups excluding carboxylic acids is 3. The molecule has 1 rings (SSSR count). The van der Waals surface area contributed by atoms with Gasteiger partial charge < -0.3 is 19.5 Å². The maximum atomic E-state index is 11.8. The smallest absolute Gasteiger partial charge is 0.407 e. The first kappa shape index (κ1) is 24.5. The molecule has 1 amide bonds. The lowest BCUT2D eigenvalue weighted by molar-refractivity contribution is -0.154. The zero-order chi connectivity index (χ0) is 21.5. The zero-order valence-electron chi connectivity index (χ0n) is 17.7. The second-order valence-electron chi connectivity index (χ2n) is 7.39. The predicted molar refractivity (Wildman–Crippen MR) is 109 cm³/mol. The summed E-state index contributed by atoms with van der Waals surface area (Å²) >= 11 is 0.